The summed E-state index contributed by atoms with van der Waals surface area (Å²) in [6.45, 7) is 7.60. The zero-order valence-corrected chi connectivity index (χ0v) is 15.0. The van der Waals surface area contributed by atoms with Crippen LogP contribution >= 0.6 is 0 Å². The van der Waals surface area contributed by atoms with Crippen LogP contribution in [0.1, 0.15) is 37.0 Å². The van der Waals surface area contributed by atoms with Gasteiger partial charge in [-0.05, 0) is 26.3 Å². The molecule has 3 rings (SSSR count). The van der Waals surface area contributed by atoms with Crippen LogP contribution in [0, 0.1) is 13.8 Å². The molecule has 3 aromatic heterocycles. The van der Waals surface area contributed by atoms with Crippen molar-refractivity contribution in [3.8, 4) is 0 Å². The van der Waals surface area contributed by atoms with Crippen molar-refractivity contribution in [2.75, 3.05) is 23.7 Å². The van der Waals surface area contributed by atoms with Crippen molar-refractivity contribution in [3.05, 3.63) is 35.7 Å². The highest BCUT2D eigenvalue weighted by Gasteiger charge is 2.06. The first kappa shape index (κ1) is 17.1. The Balaban J connectivity index is 1.58. The Hall–Kier alpha value is -2.77. The second-order valence-electron chi connectivity index (χ2n) is 6.07. The maximum absolute atomic E-state index is 4.58. The number of nitrogens with one attached hydrogen (secondary N) is 2. The summed E-state index contributed by atoms with van der Waals surface area (Å²) in [5.74, 6) is 1.78. The summed E-state index contributed by atoms with van der Waals surface area (Å²) in [5.41, 5.74) is 3.56. The number of hydrogen-bond donors (Lipinski definition) is 2. The first-order valence-electron chi connectivity index (χ1n) is 8.65. The molecule has 0 aliphatic rings. The smallest absolute Gasteiger partial charge is 0.200 e. The van der Waals surface area contributed by atoms with Gasteiger partial charge in [0.2, 0.25) is 5.65 Å². The van der Waals surface area contributed by atoms with E-state index in [4.69, 9.17) is 0 Å². The van der Waals surface area contributed by atoms with Gasteiger partial charge < -0.3 is 10.6 Å². The third kappa shape index (κ3) is 4.40. The van der Waals surface area contributed by atoms with Gasteiger partial charge in [0, 0.05) is 31.3 Å². The molecule has 0 saturated heterocycles. The Kier molecular flexibility index (Phi) is 5.37. The van der Waals surface area contributed by atoms with E-state index in [9.17, 15) is 0 Å². The fraction of sp³-hybridized carbons (Fsp3) is 0.471. The molecule has 8 nitrogen and oxygen atoms in total. The summed E-state index contributed by atoms with van der Waals surface area (Å²) >= 11 is 0. The van der Waals surface area contributed by atoms with Crippen LogP contribution in [0.4, 0.5) is 11.5 Å². The molecule has 2 N–H and O–H groups in total. The normalized spacial score (nSPS) is 11.0. The molecule has 0 amide bonds. The second kappa shape index (κ2) is 7.87. The average Bonchev–Trinajstić information content (AvgIpc) is 3.04. The Morgan fingerprint density at radius 3 is 2.72 bits per heavy atom. The standard InChI is InChI=1S/C17H24N8/c1-4-5-6-15-21-12(2)10-16(22-15)19-8-7-18-14-9-13(3)24-25-11-20-23-17(14)25/h9-11,18H,4-8H2,1-3H3,(H,19,21,22). The van der Waals surface area contributed by atoms with Crippen molar-refractivity contribution in [2.45, 2.75) is 40.0 Å². The lowest BCUT2D eigenvalue weighted by Gasteiger charge is -2.11. The van der Waals surface area contributed by atoms with Gasteiger partial charge in [0.25, 0.3) is 0 Å². The maximum atomic E-state index is 4.58. The highest BCUT2D eigenvalue weighted by atomic mass is 15.3. The third-order valence-electron chi connectivity index (χ3n) is 3.79. The van der Waals surface area contributed by atoms with Crippen LogP contribution in [0.3, 0.4) is 0 Å². The quantitative estimate of drug-likeness (QED) is 0.608. The van der Waals surface area contributed by atoms with E-state index in [0.717, 1.165) is 66.7 Å². The number of unbranched alkanes of at least 4 members (excludes halogenated alkanes) is 1. The van der Waals surface area contributed by atoms with Crippen LogP contribution in [0.2, 0.25) is 0 Å². The summed E-state index contributed by atoms with van der Waals surface area (Å²) < 4.78 is 1.68. The van der Waals surface area contributed by atoms with Crippen molar-refractivity contribution in [3.63, 3.8) is 0 Å². The van der Waals surface area contributed by atoms with Crippen molar-refractivity contribution in [2.24, 2.45) is 0 Å². The van der Waals surface area contributed by atoms with E-state index < -0.39 is 0 Å². The first-order valence-corrected chi connectivity index (χ1v) is 8.65. The zero-order chi connectivity index (χ0) is 17.6. The molecule has 25 heavy (non-hydrogen) atoms. The number of hydrogen-bond acceptors (Lipinski definition) is 7. The molecule has 3 heterocycles. The molecule has 0 radical (unpaired) electrons. The molecule has 0 aliphatic carbocycles. The van der Waals surface area contributed by atoms with Gasteiger partial charge in [0.15, 0.2) is 0 Å². The molecule has 0 unspecified atom stereocenters. The summed E-state index contributed by atoms with van der Waals surface area (Å²) in [5, 5.41) is 19.1. The van der Waals surface area contributed by atoms with Crippen molar-refractivity contribution in [1.29, 1.82) is 0 Å². The Bertz CT molecular complexity index is 842. The highest BCUT2D eigenvalue weighted by molar-refractivity contribution is 5.66. The molecule has 0 spiro atoms. The van der Waals surface area contributed by atoms with Crippen LogP contribution in [0.25, 0.3) is 5.65 Å². The van der Waals surface area contributed by atoms with Crippen LogP contribution < -0.4 is 10.6 Å². The molecule has 0 aliphatic heterocycles. The van der Waals surface area contributed by atoms with Gasteiger partial charge in [-0.25, -0.2) is 9.97 Å². The molecule has 8 heteroatoms. The lowest BCUT2D eigenvalue weighted by atomic mass is 10.2. The van der Waals surface area contributed by atoms with Crippen LogP contribution in [-0.2, 0) is 6.42 Å². The predicted molar refractivity (Wildman–Crippen MR) is 97.9 cm³/mol. The van der Waals surface area contributed by atoms with Gasteiger partial charge in [-0.3, -0.25) is 0 Å². The molecule has 0 atom stereocenters. The number of fused-ring (bicyclic) bond motifs is 1. The summed E-state index contributed by atoms with van der Waals surface area (Å²) in [7, 11) is 0. The van der Waals surface area contributed by atoms with E-state index in [-0.39, 0.29) is 0 Å². The molecule has 3 aromatic rings. The lowest BCUT2D eigenvalue weighted by Crippen LogP contribution is -2.16. The number of aromatic nitrogens is 6. The summed E-state index contributed by atoms with van der Waals surface area (Å²) in [4.78, 5) is 9.08. The zero-order valence-electron chi connectivity index (χ0n) is 15.0. The van der Waals surface area contributed by atoms with E-state index in [1.807, 2.05) is 26.0 Å². The van der Waals surface area contributed by atoms with Gasteiger partial charge in [-0.1, -0.05) is 13.3 Å². The fourth-order valence-corrected chi connectivity index (χ4v) is 2.64. The first-order chi connectivity index (χ1) is 12.2. The van der Waals surface area contributed by atoms with Crippen molar-refractivity contribution in [1.82, 2.24) is 29.8 Å². The predicted octanol–water partition coefficient (Wildman–Crippen LogP) is 2.40. The van der Waals surface area contributed by atoms with Gasteiger partial charge in [0.05, 0.1) is 11.4 Å². The Labute approximate surface area is 147 Å². The summed E-state index contributed by atoms with van der Waals surface area (Å²) in [6.07, 6.45) is 4.78. The largest absolute Gasteiger partial charge is 0.380 e. The number of anilines is 2. The molecule has 0 bridgehead atoms. The Morgan fingerprint density at radius 1 is 1.04 bits per heavy atom. The molecule has 0 aromatic carbocycles. The fourth-order valence-electron chi connectivity index (χ4n) is 2.64. The van der Waals surface area contributed by atoms with Crippen LogP contribution in [0.5, 0.6) is 0 Å². The molecular formula is C17H24N8. The van der Waals surface area contributed by atoms with E-state index in [0.29, 0.717) is 0 Å². The van der Waals surface area contributed by atoms with E-state index in [1.54, 1.807) is 10.8 Å². The van der Waals surface area contributed by atoms with Crippen molar-refractivity contribution < 1.29 is 0 Å². The number of aryl methyl sites for hydroxylation is 3. The van der Waals surface area contributed by atoms with E-state index >= 15 is 0 Å². The Morgan fingerprint density at radius 2 is 1.88 bits per heavy atom. The molecule has 132 valence electrons. The molecular weight excluding hydrogens is 316 g/mol. The highest BCUT2D eigenvalue weighted by Crippen LogP contribution is 2.14. The van der Waals surface area contributed by atoms with Crippen LogP contribution in [0.15, 0.2) is 18.5 Å². The monoisotopic (exact) mass is 340 g/mol. The summed E-state index contributed by atoms with van der Waals surface area (Å²) in [6, 6.07) is 3.95. The number of rotatable bonds is 8. The van der Waals surface area contributed by atoms with Crippen molar-refractivity contribution >= 4 is 17.2 Å². The molecule has 0 fully saturated rings. The van der Waals surface area contributed by atoms with Gasteiger partial charge in [-0.2, -0.15) is 9.61 Å². The maximum Gasteiger partial charge on any atom is 0.200 e. The topological polar surface area (TPSA) is 92.9 Å². The second-order valence-corrected chi connectivity index (χ2v) is 6.07. The average molecular weight is 340 g/mol. The van der Waals surface area contributed by atoms with Gasteiger partial charge >= 0.3 is 0 Å². The third-order valence-corrected chi connectivity index (χ3v) is 3.79. The minimum absolute atomic E-state index is 0.727. The van der Waals surface area contributed by atoms with Crippen LogP contribution in [-0.4, -0.2) is 42.9 Å². The van der Waals surface area contributed by atoms with E-state index in [2.05, 4.69) is 42.8 Å². The van der Waals surface area contributed by atoms with E-state index in [1.165, 1.54) is 0 Å². The molecule has 0 saturated carbocycles. The number of nitrogens with zero attached hydrogens (tertiary/aromatic N) is 6. The lowest BCUT2D eigenvalue weighted by molar-refractivity contribution is 0.748. The van der Waals surface area contributed by atoms with Gasteiger partial charge in [-0.15, -0.1) is 10.2 Å². The SMILES string of the molecule is CCCCc1nc(C)cc(NCCNc2cc(C)nn3cnnc23)n1. The minimum Gasteiger partial charge on any atom is -0.380 e. The minimum atomic E-state index is 0.727. The van der Waals surface area contributed by atoms with Gasteiger partial charge in [0.1, 0.15) is 18.0 Å².